The van der Waals surface area contributed by atoms with Gasteiger partial charge in [0, 0.05) is 12.8 Å². The van der Waals surface area contributed by atoms with Gasteiger partial charge in [0.05, 0.1) is 34.4 Å². The van der Waals surface area contributed by atoms with Gasteiger partial charge in [0.1, 0.15) is 13.2 Å². The van der Waals surface area contributed by atoms with Gasteiger partial charge < -0.3 is 28.5 Å². The van der Waals surface area contributed by atoms with Crippen molar-refractivity contribution >= 4 is 17.9 Å². The fourth-order valence-corrected chi connectivity index (χ4v) is 10.6. The number of carbonyl (C=O) groups is 3. The molecule has 0 heterocycles. The Balaban J connectivity index is 4.06. The average Bonchev–Trinajstić information content (AvgIpc) is 3.64. The Morgan fingerprint density at radius 3 is 0.955 bits per heavy atom. The normalized spacial score (nSPS) is 13.2. The zero-order valence-corrected chi connectivity index (χ0v) is 58.8. The minimum absolute atomic E-state index is 0.182. The number of nitrogens with zero attached hydrogens (tertiary/aromatic N) is 1. The Morgan fingerprint density at radius 1 is 0.348 bits per heavy atom. The van der Waals surface area contributed by atoms with E-state index in [0.717, 1.165) is 83.5 Å². The molecule has 0 spiro atoms. The highest BCUT2D eigenvalue weighted by Gasteiger charge is 2.25. The summed E-state index contributed by atoms with van der Waals surface area (Å²) in [7, 11) is 5.99. The smallest absolute Gasteiger partial charge is 0.361 e. The maximum absolute atomic E-state index is 13.0. The summed E-state index contributed by atoms with van der Waals surface area (Å²) in [5.74, 6) is -1.99. The Kier molecular flexibility index (Phi) is 67.1. The maximum atomic E-state index is 13.0. The van der Waals surface area contributed by atoms with Gasteiger partial charge in [-0.05, 0) is 96.3 Å². The molecule has 9 heteroatoms. The van der Waals surface area contributed by atoms with E-state index in [-0.39, 0.29) is 32.2 Å². The topological polar surface area (TPSA) is 108 Å². The number of ether oxygens (including phenoxy) is 4. The van der Waals surface area contributed by atoms with E-state index in [1.165, 1.54) is 225 Å². The minimum Gasteiger partial charge on any atom is -0.477 e. The number of hydrogen-bond donors (Lipinski definition) is 1. The second-order valence-electron chi connectivity index (χ2n) is 26.2. The number of allylic oxidation sites excluding steroid dienone is 16. The van der Waals surface area contributed by atoms with Crippen LogP contribution in [-0.2, 0) is 33.3 Å². The van der Waals surface area contributed by atoms with Crippen LogP contribution in [0, 0.1) is 0 Å². The molecular weight excluding hydrogens is 1100 g/mol. The van der Waals surface area contributed by atoms with Crippen molar-refractivity contribution in [3.05, 3.63) is 97.2 Å². The summed E-state index contributed by atoms with van der Waals surface area (Å²) in [6, 6.07) is 0. The number of hydrogen-bond acceptors (Lipinski definition) is 7. The van der Waals surface area contributed by atoms with Gasteiger partial charge in [-0.15, -0.1) is 0 Å². The van der Waals surface area contributed by atoms with Crippen LogP contribution in [0.15, 0.2) is 97.2 Å². The van der Waals surface area contributed by atoms with E-state index < -0.39 is 24.3 Å². The predicted molar refractivity (Wildman–Crippen MR) is 382 cm³/mol. The summed E-state index contributed by atoms with van der Waals surface area (Å²) >= 11 is 0. The third-order valence-electron chi connectivity index (χ3n) is 16.3. The van der Waals surface area contributed by atoms with Crippen LogP contribution < -0.4 is 0 Å². The van der Waals surface area contributed by atoms with Crippen LogP contribution in [0.4, 0.5) is 0 Å². The van der Waals surface area contributed by atoms with Crippen LogP contribution in [-0.4, -0.2) is 87.4 Å². The standard InChI is InChI=1S/C80H141NO8/c1-6-8-10-12-14-16-18-20-22-24-26-28-30-32-34-36-38-39-41-42-44-46-48-50-52-54-56-58-60-62-64-66-68-70-77(82)87-74-76(75-88-80(79(84)85)86-73-72-81(3,4)5)89-78(83)71-69-67-65-63-61-59-57-55-53-51-49-47-45-43-40-37-35-33-31-29-27-25-23-21-19-17-15-13-11-9-7-2/h9,11,15,17-18,20-21,23-24,26-27,29-30,32-33,35,76,80H,6-8,10,12-14,16,19,22,25,28,31,34,36-75H2,1-5H3/p+1/b11-9-,17-15-,20-18-,23-21-,26-24-,29-27-,32-30-,35-33-. The Labute approximate surface area is 550 Å². The number of carboxylic acids is 1. The molecule has 0 saturated carbocycles. The lowest BCUT2D eigenvalue weighted by atomic mass is 10.0. The lowest BCUT2D eigenvalue weighted by Gasteiger charge is -2.25. The van der Waals surface area contributed by atoms with E-state index in [1.807, 2.05) is 21.1 Å². The van der Waals surface area contributed by atoms with E-state index in [2.05, 4.69) is 111 Å². The number of rotatable bonds is 69. The second kappa shape index (κ2) is 70.1. The lowest BCUT2D eigenvalue weighted by Crippen LogP contribution is -2.40. The zero-order valence-electron chi connectivity index (χ0n) is 58.8. The fraction of sp³-hybridized carbons (Fsp3) is 0.762. The molecule has 514 valence electrons. The molecule has 0 aliphatic rings. The van der Waals surface area contributed by atoms with Crippen molar-refractivity contribution in [3.63, 3.8) is 0 Å². The van der Waals surface area contributed by atoms with Crippen molar-refractivity contribution in [1.82, 2.24) is 0 Å². The van der Waals surface area contributed by atoms with E-state index >= 15 is 0 Å². The molecule has 0 saturated heterocycles. The molecule has 2 unspecified atom stereocenters. The summed E-state index contributed by atoms with van der Waals surface area (Å²) in [6.45, 7) is 4.79. The molecular formula is C80H142NO8+. The Bertz CT molecular complexity index is 1790. The summed E-state index contributed by atoms with van der Waals surface area (Å²) in [5, 5.41) is 9.76. The number of carboxylic acid groups (broad SMARTS) is 1. The third kappa shape index (κ3) is 71.5. The molecule has 89 heavy (non-hydrogen) atoms. The molecule has 0 aromatic carbocycles. The minimum atomic E-state index is -1.51. The highest BCUT2D eigenvalue weighted by molar-refractivity contribution is 5.71. The molecule has 0 fully saturated rings. The van der Waals surface area contributed by atoms with Gasteiger partial charge in [-0.1, -0.05) is 323 Å². The van der Waals surface area contributed by atoms with Crippen LogP contribution in [0.5, 0.6) is 0 Å². The van der Waals surface area contributed by atoms with Crippen molar-refractivity contribution in [3.8, 4) is 0 Å². The molecule has 0 aromatic heterocycles. The van der Waals surface area contributed by atoms with Crippen LogP contribution >= 0.6 is 0 Å². The van der Waals surface area contributed by atoms with Gasteiger partial charge in [0.15, 0.2) is 6.10 Å². The molecule has 0 bridgehead atoms. The van der Waals surface area contributed by atoms with E-state index in [1.54, 1.807) is 0 Å². The first-order valence-electron chi connectivity index (χ1n) is 37.4. The molecule has 0 aromatic rings. The monoisotopic (exact) mass is 1250 g/mol. The Morgan fingerprint density at radius 2 is 0.640 bits per heavy atom. The molecule has 0 amide bonds. The molecule has 9 nitrogen and oxygen atoms in total. The summed E-state index contributed by atoms with van der Waals surface area (Å²) in [6.07, 6.45) is 93.9. The van der Waals surface area contributed by atoms with Gasteiger partial charge >= 0.3 is 17.9 Å². The predicted octanol–water partition coefficient (Wildman–Crippen LogP) is 23.6. The quantitative estimate of drug-likeness (QED) is 0.0211. The van der Waals surface area contributed by atoms with Crippen molar-refractivity contribution in [2.75, 3.05) is 47.5 Å². The SMILES string of the molecule is CC/C=C\C/C=C\C/C=C\C/C=C\C/C=C\CCCCCCCCCCCCCCCCCC(=O)OC(COC(=O)CCCCCCCCCCCCCCCCCCCC/C=C\C/C=C\C/C=C\CCCCCCC)COC(OCC[N+](C)(C)C)C(=O)O. The Hall–Kier alpha value is -3.79. The first kappa shape index (κ1) is 85.2. The zero-order chi connectivity index (χ0) is 64.7. The number of likely N-dealkylation sites (N-methyl/N-ethyl adjacent to an activating group) is 1. The van der Waals surface area contributed by atoms with Crippen molar-refractivity contribution < 1.29 is 42.9 Å². The molecule has 0 aliphatic heterocycles. The second-order valence-corrected chi connectivity index (χ2v) is 26.2. The first-order valence-corrected chi connectivity index (χ1v) is 37.4. The van der Waals surface area contributed by atoms with Gasteiger partial charge in [-0.3, -0.25) is 9.59 Å². The molecule has 1 N–H and O–H groups in total. The van der Waals surface area contributed by atoms with Crippen molar-refractivity contribution in [1.29, 1.82) is 0 Å². The molecule has 2 atom stereocenters. The van der Waals surface area contributed by atoms with Crippen LogP contribution in [0.25, 0.3) is 0 Å². The van der Waals surface area contributed by atoms with Crippen LogP contribution in [0.2, 0.25) is 0 Å². The molecule has 0 rings (SSSR count). The van der Waals surface area contributed by atoms with E-state index in [9.17, 15) is 19.5 Å². The number of esters is 2. The van der Waals surface area contributed by atoms with Gasteiger partial charge in [0.2, 0.25) is 0 Å². The van der Waals surface area contributed by atoms with Gasteiger partial charge in [-0.2, -0.15) is 0 Å². The highest BCUT2D eigenvalue weighted by Crippen LogP contribution is 2.18. The summed E-state index contributed by atoms with van der Waals surface area (Å²) < 4.78 is 23.0. The van der Waals surface area contributed by atoms with Gasteiger partial charge in [-0.25, -0.2) is 4.79 Å². The number of carbonyl (C=O) groups excluding carboxylic acids is 2. The summed E-state index contributed by atoms with van der Waals surface area (Å²) in [5.41, 5.74) is 0. The number of quaternary nitrogens is 1. The average molecular weight is 1250 g/mol. The van der Waals surface area contributed by atoms with E-state index in [0.29, 0.717) is 17.4 Å². The fourth-order valence-electron chi connectivity index (χ4n) is 10.6. The van der Waals surface area contributed by atoms with Crippen molar-refractivity contribution in [2.24, 2.45) is 0 Å². The molecule has 0 radical (unpaired) electrons. The van der Waals surface area contributed by atoms with E-state index in [4.69, 9.17) is 18.9 Å². The third-order valence-corrected chi connectivity index (χ3v) is 16.3. The van der Waals surface area contributed by atoms with Crippen LogP contribution in [0.3, 0.4) is 0 Å². The first-order chi connectivity index (χ1) is 43.6. The molecule has 0 aliphatic carbocycles. The van der Waals surface area contributed by atoms with Gasteiger partial charge in [0.25, 0.3) is 6.29 Å². The number of unbranched alkanes of at least 4 members (excludes halogenated alkanes) is 38. The van der Waals surface area contributed by atoms with Crippen LogP contribution in [0.1, 0.15) is 335 Å². The maximum Gasteiger partial charge on any atom is 0.361 e. The largest absolute Gasteiger partial charge is 0.477 e. The van der Waals surface area contributed by atoms with Crippen molar-refractivity contribution in [2.45, 2.75) is 347 Å². The summed E-state index contributed by atoms with van der Waals surface area (Å²) in [4.78, 5) is 37.7. The number of aliphatic carboxylic acids is 1. The lowest BCUT2D eigenvalue weighted by molar-refractivity contribution is -0.870. The highest BCUT2D eigenvalue weighted by atomic mass is 16.7.